The zero-order valence-corrected chi connectivity index (χ0v) is 10.5. The molecule has 0 aliphatic heterocycles. The van der Waals surface area contributed by atoms with E-state index < -0.39 is 0 Å². The van der Waals surface area contributed by atoms with Gasteiger partial charge in [-0.3, -0.25) is 0 Å². The van der Waals surface area contributed by atoms with Crippen molar-refractivity contribution in [2.75, 3.05) is 6.61 Å². The van der Waals surface area contributed by atoms with Crippen LogP contribution in [0.25, 0.3) is 0 Å². The van der Waals surface area contributed by atoms with Crippen LogP contribution in [-0.2, 0) is 0 Å². The third kappa shape index (κ3) is 3.58. The van der Waals surface area contributed by atoms with Crippen LogP contribution >= 0.6 is 15.9 Å². The van der Waals surface area contributed by atoms with Gasteiger partial charge < -0.3 is 10.5 Å². The fraction of sp³-hybridized carbons (Fsp3) is 0.333. The first-order valence-electron chi connectivity index (χ1n) is 4.72. The Bertz CT molecular complexity index is 390. The molecule has 1 aromatic carbocycles. The molecule has 80 valence electrons. The van der Waals surface area contributed by atoms with Crippen molar-refractivity contribution in [1.29, 1.82) is 0 Å². The number of hydrogen-bond donors (Lipinski definition) is 1. The van der Waals surface area contributed by atoms with Crippen molar-refractivity contribution in [2.24, 2.45) is 5.73 Å². The molecular formula is C12H14BrNO. The van der Waals surface area contributed by atoms with Crippen LogP contribution in [-0.4, -0.2) is 6.61 Å². The van der Waals surface area contributed by atoms with Gasteiger partial charge in [0.2, 0.25) is 0 Å². The Morgan fingerprint density at radius 1 is 1.53 bits per heavy atom. The first kappa shape index (κ1) is 12.1. The molecule has 2 nitrogen and oxygen atoms in total. The van der Waals surface area contributed by atoms with E-state index in [1.54, 1.807) is 6.92 Å². The molecule has 0 saturated carbocycles. The summed E-state index contributed by atoms with van der Waals surface area (Å²) < 4.78 is 6.52. The van der Waals surface area contributed by atoms with Gasteiger partial charge in [-0.1, -0.05) is 21.9 Å². The summed E-state index contributed by atoms with van der Waals surface area (Å²) in [5.41, 5.74) is 6.84. The molecule has 0 radical (unpaired) electrons. The van der Waals surface area contributed by atoms with Crippen molar-refractivity contribution in [3.63, 3.8) is 0 Å². The van der Waals surface area contributed by atoms with Gasteiger partial charge in [0, 0.05) is 16.1 Å². The molecule has 0 bridgehead atoms. The predicted molar refractivity (Wildman–Crippen MR) is 65.7 cm³/mol. The normalized spacial score (nSPS) is 11.5. The Morgan fingerprint density at radius 3 is 2.87 bits per heavy atom. The first-order valence-corrected chi connectivity index (χ1v) is 5.52. The number of ether oxygens (including phenoxy) is 1. The molecule has 0 saturated heterocycles. The fourth-order valence-electron chi connectivity index (χ4n) is 1.19. The summed E-state index contributed by atoms with van der Waals surface area (Å²) in [6.45, 7) is 4.12. The lowest BCUT2D eigenvalue weighted by molar-refractivity contribution is 0.364. The second kappa shape index (κ2) is 5.79. The van der Waals surface area contributed by atoms with Crippen LogP contribution in [0.5, 0.6) is 5.75 Å². The smallest absolute Gasteiger partial charge is 0.149 e. The number of hydrogen-bond acceptors (Lipinski definition) is 2. The molecule has 0 heterocycles. The first-order chi connectivity index (χ1) is 7.15. The molecule has 3 heteroatoms. The van der Waals surface area contributed by atoms with Gasteiger partial charge in [0.15, 0.2) is 0 Å². The van der Waals surface area contributed by atoms with Crippen LogP contribution in [0, 0.1) is 11.8 Å². The van der Waals surface area contributed by atoms with Gasteiger partial charge in [-0.15, -0.1) is 5.92 Å². The van der Waals surface area contributed by atoms with Crippen molar-refractivity contribution in [3.05, 3.63) is 28.2 Å². The molecule has 0 amide bonds. The summed E-state index contributed by atoms with van der Waals surface area (Å²) in [5.74, 6) is 6.44. The maximum Gasteiger partial charge on any atom is 0.149 e. The quantitative estimate of drug-likeness (QED) is 0.855. The summed E-state index contributed by atoms with van der Waals surface area (Å²) in [6.07, 6.45) is 0. The third-order valence-corrected chi connectivity index (χ3v) is 2.43. The fourth-order valence-corrected chi connectivity index (χ4v) is 1.57. The molecule has 1 rings (SSSR count). The molecule has 0 spiro atoms. The molecule has 15 heavy (non-hydrogen) atoms. The van der Waals surface area contributed by atoms with E-state index in [9.17, 15) is 0 Å². The van der Waals surface area contributed by atoms with Crippen molar-refractivity contribution in [1.82, 2.24) is 0 Å². The van der Waals surface area contributed by atoms with E-state index in [-0.39, 0.29) is 6.04 Å². The number of halogens is 1. The van der Waals surface area contributed by atoms with E-state index in [1.807, 2.05) is 25.1 Å². The van der Waals surface area contributed by atoms with E-state index in [1.165, 1.54) is 0 Å². The van der Waals surface area contributed by atoms with Gasteiger partial charge >= 0.3 is 0 Å². The van der Waals surface area contributed by atoms with Crippen molar-refractivity contribution < 1.29 is 4.74 Å². The molecule has 1 atom stereocenters. The second-order valence-electron chi connectivity index (χ2n) is 3.19. The number of benzene rings is 1. The summed E-state index contributed by atoms with van der Waals surface area (Å²) in [6, 6.07) is 5.76. The topological polar surface area (TPSA) is 35.2 Å². The van der Waals surface area contributed by atoms with E-state index in [4.69, 9.17) is 10.5 Å². The van der Waals surface area contributed by atoms with E-state index in [0.29, 0.717) is 6.61 Å². The van der Waals surface area contributed by atoms with Gasteiger partial charge in [-0.25, -0.2) is 0 Å². The summed E-state index contributed by atoms with van der Waals surface area (Å²) in [7, 11) is 0. The maximum atomic E-state index is 5.85. The van der Waals surface area contributed by atoms with Crippen LogP contribution < -0.4 is 10.5 Å². The lowest BCUT2D eigenvalue weighted by Crippen LogP contribution is -2.08. The van der Waals surface area contributed by atoms with Crippen molar-refractivity contribution in [3.8, 4) is 17.6 Å². The lowest BCUT2D eigenvalue weighted by atomic mass is 10.1. The van der Waals surface area contributed by atoms with Crippen molar-refractivity contribution >= 4 is 15.9 Å². The minimum absolute atomic E-state index is 0.0490. The highest BCUT2D eigenvalue weighted by molar-refractivity contribution is 9.10. The van der Waals surface area contributed by atoms with Crippen LogP contribution in [0.1, 0.15) is 25.5 Å². The van der Waals surface area contributed by atoms with Gasteiger partial charge in [0.1, 0.15) is 12.4 Å². The summed E-state index contributed by atoms with van der Waals surface area (Å²) >= 11 is 3.41. The average Bonchev–Trinajstić information content (AvgIpc) is 2.20. The van der Waals surface area contributed by atoms with E-state index in [0.717, 1.165) is 15.8 Å². The number of nitrogens with two attached hydrogens (primary N) is 1. The summed E-state index contributed by atoms with van der Waals surface area (Å²) in [5, 5.41) is 0. The van der Waals surface area contributed by atoms with Crippen LogP contribution in [0.4, 0.5) is 0 Å². The van der Waals surface area contributed by atoms with Crippen molar-refractivity contribution in [2.45, 2.75) is 19.9 Å². The van der Waals surface area contributed by atoms with Gasteiger partial charge in [0.05, 0.1) is 0 Å². The summed E-state index contributed by atoms with van der Waals surface area (Å²) in [4.78, 5) is 0. The van der Waals surface area contributed by atoms with Crippen LogP contribution in [0.2, 0.25) is 0 Å². The Labute approximate surface area is 98.9 Å². The Morgan fingerprint density at radius 2 is 2.27 bits per heavy atom. The highest BCUT2D eigenvalue weighted by Gasteiger charge is 2.08. The molecule has 0 aliphatic carbocycles. The molecule has 1 aromatic rings. The molecule has 2 N–H and O–H groups in total. The molecule has 0 aliphatic rings. The van der Waals surface area contributed by atoms with E-state index >= 15 is 0 Å². The zero-order chi connectivity index (χ0) is 11.3. The molecular weight excluding hydrogens is 254 g/mol. The van der Waals surface area contributed by atoms with E-state index in [2.05, 4.69) is 27.8 Å². The van der Waals surface area contributed by atoms with Crippen LogP contribution in [0.3, 0.4) is 0 Å². The van der Waals surface area contributed by atoms with Gasteiger partial charge in [-0.05, 0) is 32.0 Å². The molecule has 0 unspecified atom stereocenters. The highest BCUT2D eigenvalue weighted by Crippen LogP contribution is 2.27. The SMILES string of the molecule is CC#CCOc1ccc(Br)cc1[C@H](C)N. The Kier molecular flexibility index (Phi) is 4.67. The maximum absolute atomic E-state index is 5.85. The minimum atomic E-state index is -0.0490. The minimum Gasteiger partial charge on any atom is -0.481 e. The molecule has 0 fully saturated rings. The van der Waals surface area contributed by atoms with Crippen LogP contribution in [0.15, 0.2) is 22.7 Å². The lowest BCUT2D eigenvalue weighted by Gasteiger charge is -2.12. The monoisotopic (exact) mass is 267 g/mol. The number of rotatable bonds is 3. The van der Waals surface area contributed by atoms with Gasteiger partial charge in [-0.2, -0.15) is 0 Å². The standard InChI is InChI=1S/C12H14BrNO/c1-3-4-7-15-12-6-5-10(13)8-11(12)9(2)14/h5-6,8-9H,7,14H2,1-2H3/t9-/m0/s1. The Balaban J connectivity index is 2.89. The predicted octanol–water partition coefficient (Wildman–Crippen LogP) is 2.87. The average molecular weight is 268 g/mol. The highest BCUT2D eigenvalue weighted by atomic mass is 79.9. The second-order valence-corrected chi connectivity index (χ2v) is 4.10. The Hall–Kier alpha value is -0.980. The molecule has 0 aromatic heterocycles. The largest absolute Gasteiger partial charge is 0.481 e. The third-order valence-electron chi connectivity index (χ3n) is 1.94. The van der Waals surface area contributed by atoms with Gasteiger partial charge in [0.25, 0.3) is 0 Å². The zero-order valence-electron chi connectivity index (χ0n) is 8.88.